The molecular weight excluding hydrogens is 430 g/mol. The quantitative estimate of drug-likeness (QED) is 0.560. The van der Waals surface area contributed by atoms with Crippen molar-refractivity contribution in [2.45, 2.75) is 38.7 Å². The van der Waals surface area contributed by atoms with Gasteiger partial charge in [-0.2, -0.15) is 0 Å². The number of nitrogens with zero attached hydrogens (tertiary/aromatic N) is 4. The van der Waals surface area contributed by atoms with Crippen molar-refractivity contribution in [3.8, 4) is 22.1 Å². The van der Waals surface area contributed by atoms with Crippen LogP contribution < -0.4 is 14.8 Å². The summed E-state index contributed by atoms with van der Waals surface area (Å²) in [6.07, 6.45) is 5.53. The Hall–Kier alpha value is -3.11. The van der Waals surface area contributed by atoms with Crippen LogP contribution in [0.1, 0.15) is 41.0 Å². The van der Waals surface area contributed by atoms with Crippen LogP contribution in [0.4, 0.5) is 5.13 Å². The van der Waals surface area contributed by atoms with E-state index in [1.54, 1.807) is 19.5 Å². The first-order valence-corrected chi connectivity index (χ1v) is 11.1. The topological polar surface area (TPSA) is 119 Å². The minimum absolute atomic E-state index is 0.0774. The molecule has 166 valence electrons. The number of aryl methyl sites for hydroxylation is 2. The van der Waals surface area contributed by atoms with Crippen LogP contribution in [0, 0.1) is 19.3 Å². The van der Waals surface area contributed by atoms with Crippen LogP contribution in [0.5, 0.6) is 10.9 Å². The summed E-state index contributed by atoms with van der Waals surface area (Å²) in [5, 5.41) is 21.4. The Morgan fingerprint density at radius 1 is 1.12 bits per heavy atom. The smallest absolute Gasteiger partial charge is 0.295 e. The maximum absolute atomic E-state index is 13.1. The Labute approximate surface area is 188 Å². The Balaban J connectivity index is 1.33. The van der Waals surface area contributed by atoms with Crippen LogP contribution in [0.15, 0.2) is 24.5 Å². The van der Waals surface area contributed by atoms with Gasteiger partial charge in [-0.3, -0.25) is 20.1 Å². The van der Waals surface area contributed by atoms with E-state index in [4.69, 9.17) is 9.47 Å². The summed E-state index contributed by atoms with van der Waals surface area (Å²) in [5.41, 5.74) is 3.05. The van der Waals surface area contributed by atoms with Crippen molar-refractivity contribution in [1.82, 2.24) is 20.2 Å². The lowest BCUT2D eigenvalue weighted by atomic mass is 9.41. The lowest BCUT2D eigenvalue weighted by Gasteiger charge is -2.67. The fourth-order valence-electron chi connectivity index (χ4n) is 4.67. The molecule has 1 amide bonds. The van der Waals surface area contributed by atoms with Gasteiger partial charge in [-0.05, 0) is 56.6 Å². The van der Waals surface area contributed by atoms with E-state index < -0.39 is 5.60 Å². The summed E-state index contributed by atoms with van der Waals surface area (Å²) in [6.45, 7) is 4.25. The van der Waals surface area contributed by atoms with E-state index in [1.165, 1.54) is 11.3 Å². The number of rotatable bonds is 7. The standard InChI is InChI=1S/C22H23N5O4S/c1-12-4-14(15-5-13(2)24-7-17(15)30-3)16(6-23-12)18(28)25-19-26-27-20(32-19)31-11-21-8-22(29,9-21)10-21/h4-7,29H,8-11H2,1-3H3,(H,25,26,28). The molecular formula is C22H23N5O4S. The van der Waals surface area contributed by atoms with Gasteiger partial charge in [0.1, 0.15) is 5.75 Å². The first kappa shape index (κ1) is 20.8. The summed E-state index contributed by atoms with van der Waals surface area (Å²) in [6, 6.07) is 3.72. The zero-order chi connectivity index (χ0) is 22.5. The van der Waals surface area contributed by atoms with Gasteiger partial charge in [0.05, 0.1) is 31.1 Å². The van der Waals surface area contributed by atoms with Gasteiger partial charge in [0.25, 0.3) is 11.1 Å². The summed E-state index contributed by atoms with van der Waals surface area (Å²) in [7, 11) is 1.57. The van der Waals surface area contributed by atoms with Crippen LogP contribution in [0.2, 0.25) is 0 Å². The number of hydrogen-bond acceptors (Lipinski definition) is 9. The molecule has 0 aliphatic heterocycles. The Morgan fingerprint density at radius 2 is 1.81 bits per heavy atom. The van der Waals surface area contributed by atoms with Gasteiger partial charge in [-0.1, -0.05) is 5.10 Å². The molecule has 9 nitrogen and oxygen atoms in total. The number of hydrogen-bond donors (Lipinski definition) is 2. The maximum atomic E-state index is 13.1. The van der Waals surface area contributed by atoms with Crippen LogP contribution in [-0.2, 0) is 0 Å². The summed E-state index contributed by atoms with van der Waals surface area (Å²) < 4.78 is 11.2. The molecule has 3 aliphatic rings. The number of amides is 1. The van der Waals surface area contributed by atoms with Gasteiger partial charge in [0.15, 0.2) is 0 Å². The highest BCUT2D eigenvalue weighted by Gasteiger charge is 2.67. The molecule has 3 aromatic heterocycles. The van der Waals surface area contributed by atoms with E-state index >= 15 is 0 Å². The van der Waals surface area contributed by atoms with E-state index in [0.29, 0.717) is 33.8 Å². The molecule has 10 heteroatoms. The predicted molar refractivity (Wildman–Crippen MR) is 118 cm³/mol. The van der Waals surface area contributed by atoms with Gasteiger partial charge in [-0.25, -0.2) is 0 Å². The average Bonchev–Trinajstić information content (AvgIpc) is 3.16. The third kappa shape index (κ3) is 3.69. The van der Waals surface area contributed by atoms with Gasteiger partial charge >= 0.3 is 0 Å². The van der Waals surface area contributed by atoms with Crippen LogP contribution in [-0.4, -0.2) is 50.5 Å². The highest BCUT2D eigenvalue weighted by molar-refractivity contribution is 7.17. The zero-order valence-corrected chi connectivity index (χ0v) is 18.8. The normalized spacial score (nSPS) is 23.1. The van der Waals surface area contributed by atoms with Gasteiger partial charge in [-0.15, -0.1) is 5.10 Å². The first-order chi connectivity index (χ1) is 15.3. The number of anilines is 1. The fraction of sp³-hybridized carbons (Fsp3) is 0.409. The number of nitrogens with one attached hydrogen (secondary N) is 1. The number of aromatic nitrogens is 4. The molecule has 2 bridgehead atoms. The summed E-state index contributed by atoms with van der Waals surface area (Å²) in [5.74, 6) is 0.216. The van der Waals surface area contributed by atoms with Crippen molar-refractivity contribution in [1.29, 1.82) is 0 Å². The van der Waals surface area contributed by atoms with E-state index in [-0.39, 0.29) is 11.3 Å². The molecule has 0 atom stereocenters. The summed E-state index contributed by atoms with van der Waals surface area (Å²) in [4.78, 5) is 21.7. The first-order valence-electron chi connectivity index (χ1n) is 10.3. The van der Waals surface area contributed by atoms with Crippen LogP contribution in [0.3, 0.4) is 0 Å². The van der Waals surface area contributed by atoms with Crippen LogP contribution in [0.25, 0.3) is 11.1 Å². The number of aliphatic hydroxyl groups is 1. The second-order valence-corrected chi connectivity index (χ2v) is 9.71. The Morgan fingerprint density at radius 3 is 2.50 bits per heavy atom. The average molecular weight is 454 g/mol. The summed E-state index contributed by atoms with van der Waals surface area (Å²) >= 11 is 1.17. The lowest BCUT2D eigenvalue weighted by Crippen LogP contribution is -2.69. The zero-order valence-electron chi connectivity index (χ0n) is 18.0. The molecule has 0 radical (unpaired) electrons. The third-order valence-electron chi connectivity index (χ3n) is 6.04. The third-order valence-corrected chi connectivity index (χ3v) is 6.79. The highest BCUT2D eigenvalue weighted by atomic mass is 32.1. The van der Waals surface area contributed by atoms with E-state index in [9.17, 15) is 9.90 Å². The molecule has 3 heterocycles. The molecule has 3 saturated carbocycles. The second-order valence-electron chi connectivity index (χ2n) is 8.77. The van der Waals surface area contributed by atoms with E-state index in [1.807, 2.05) is 26.0 Å². The Bertz CT molecular complexity index is 1190. The number of methoxy groups -OCH3 is 1. The minimum atomic E-state index is -0.459. The van der Waals surface area contributed by atoms with Gasteiger partial charge in [0, 0.05) is 34.1 Å². The molecule has 0 aromatic carbocycles. The number of ether oxygens (including phenoxy) is 2. The highest BCUT2D eigenvalue weighted by Crippen LogP contribution is 2.67. The fourth-order valence-corrected chi connectivity index (χ4v) is 5.26. The SMILES string of the molecule is COc1cnc(C)cc1-c1cc(C)ncc1C(=O)Nc1nnc(OCC23CC(O)(C2)C3)s1. The van der Waals surface area contributed by atoms with Crippen molar-refractivity contribution in [2.24, 2.45) is 5.41 Å². The van der Waals surface area contributed by atoms with Crippen molar-refractivity contribution in [3.05, 3.63) is 41.5 Å². The molecule has 0 unspecified atom stereocenters. The monoisotopic (exact) mass is 453 g/mol. The predicted octanol–water partition coefficient (Wildman–Crippen LogP) is 3.17. The number of carbonyl (C=O) groups excluding carboxylic acids is 1. The van der Waals surface area contributed by atoms with Crippen molar-refractivity contribution in [2.75, 3.05) is 19.0 Å². The second kappa shape index (κ2) is 7.49. The van der Waals surface area contributed by atoms with Gasteiger partial charge < -0.3 is 14.6 Å². The van der Waals surface area contributed by atoms with Crippen molar-refractivity contribution < 1.29 is 19.4 Å². The molecule has 6 rings (SSSR count). The maximum Gasteiger partial charge on any atom is 0.295 e. The van der Waals surface area contributed by atoms with Gasteiger partial charge in [0.2, 0.25) is 5.13 Å². The molecule has 3 aliphatic carbocycles. The lowest BCUT2D eigenvalue weighted by molar-refractivity contribution is -0.269. The molecule has 2 N–H and O–H groups in total. The van der Waals surface area contributed by atoms with E-state index in [2.05, 4.69) is 25.5 Å². The Kier molecular flexibility index (Phi) is 4.86. The largest absolute Gasteiger partial charge is 0.494 e. The van der Waals surface area contributed by atoms with Crippen LogP contribution >= 0.6 is 11.3 Å². The number of pyridine rings is 2. The molecule has 3 aromatic rings. The van der Waals surface area contributed by atoms with E-state index in [0.717, 1.165) is 36.2 Å². The molecule has 3 fully saturated rings. The molecule has 0 spiro atoms. The number of carbonyl (C=O) groups is 1. The minimum Gasteiger partial charge on any atom is -0.494 e. The molecule has 0 saturated heterocycles. The molecule has 32 heavy (non-hydrogen) atoms. The van der Waals surface area contributed by atoms with Crippen molar-refractivity contribution >= 4 is 22.4 Å². The van der Waals surface area contributed by atoms with Crippen molar-refractivity contribution in [3.63, 3.8) is 0 Å².